The van der Waals surface area contributed by atoms with Gasteiger partial charge in [0.05, 0.1) is 11.3 Å². The molecule has 3 aromatic rings. The molecule has 2 fully saturated rings. The summed E-state index contributed by atoms with van der Waals surface area (Å²) in [5.74, 6) is 0.221. The number of carbonyl (C=O) groups is 2. The number of rotatable bonds is 4. The molecular weight excluding hydrogens is 400 g/mol. The minimum atomic E-state index is 0.0158. The number of carbonyl (C=O) groups excluding carboxylic acids is 2. The molecule has 162 valence electrons. The molecule has 2 N–H and O–H groups in total. The van der Waals surface area contributed by atoms with E-state index < -0.39 is 0 Å². The fraction of sp³-hybridized carbons (Fsp3) is 0.346. The van der Waals surface area contributed by atoms with Crippen molar-refractivity contribution >= 4 is 17.9 Å². The Kier molecular flexibility index (Phi) is 4.42. The van der Waals surface area contributed by atoms with Crippen LogP contribution >= 0.6 is 0 Å². The molecule has 2 aromatic heterocycles. The first-order chi connectivity index (χ1) is 15.6. The first-order valence-corrected chi connectivity index (χ1v) is 11.4. The molecule has 1 aromatic carbocycles. The van der Waals surface area contributed by atoms with Crippen LogP contribution in [0.3, 0.4) is 0 Å². The summed E-state index contributed by atoms with van der Waals surface area (Å²) in [6, 6.07) is 14.6. The number of hydrogen-bond donors (Lipinski definition) is 2. The number of benzene rings is 1. The molecule has 1 saturated heterocycles. The first-order valence-electron chi connectivity index (χ1n) is 11.4. The van der Waals surface area contributed by atoms with Crippen LogP contribution in [-0.4, -0.2) is 41.8 Å². The maximum absolute atomic E-state index is 12.4. The van der Waals surface area contributed by atoms with Crippen LogP contribution in [0.4, 0.5) is 5.69 Å². The van der Waals surface area contributed by atoms with E-state index in [-0.39, 0.29) is 17.2 Å². The number of nitrogens with zero attached hydrogens (tertiary/aromatic N) is 2. The summed E-state index contributed by atoms with van der Waals surface area (Å²) in [4.78, 5) is 33.8. The van der Waals surface area contributed by atoms with Gasteiger partial charge in [-0.25, -0.2) is 0 Å². The van der Waals surface area contributed by atoms with Crippen LogP contribution in [-0.2, 0) is 10.2 Å². The van der Waals surface area contributed by atoms with E-state index in [4.69, 9.17) is 0 Å². The molecule has 32 heavy (non-hydrogen) atoms. The lowest BCUT2D eigenvalue weighted by Gasteiger charge is -2.31. The topological polar surface area (TPSA) is 78.1 Å². The zero-order valence-electron chi connectivity index (χ0n) is 17.9. The molecule has 0 unspecified atom stereocenters. The molecule has 4 heterocycles. The molecule has 2 aliphatic heterocycles. The lowest BCUT2D eigenvalue weighted by molar-refractivity contribution is -0.111. The Morgan fingerprint density at radius 3 is 2.53 bits per heavy atom. The highest BCUT2D eigenvalue weighted by Gasteiger charge is 2.50. The Morgan fingerprint density at radius 2 is 1.81 bits per heavy atom. The van der Waals surface area contributed by atoms with E-state index in [1.54, 1.807) is 0 Å². The summed E-state index contributed by atoms with van der Waals surface area (Å²) >= 11 is 0. The first kappa shape index (κ1) is 19.3. The van der Waals surface area contributed by atoms with Crippen LogP contribution in [0.5, 0.6) is 0 Å². The van der Waals surface area contributed by atoms with Crippen molar-refractivity contribution in [1.82, 2.24) is 15.3 Å². The van der Waals surface area contributed by atoms with Crippen molar-refractivity contribution in [3.63, 3.8) is 0 Å². The van der Waals surface area contributed by atoms with Crippen molar-refractivity contribution in [2.75, 3.05) is 24.5 Å². The molecule has 6 heteroatoms. The molecule has 1 spiro atoms. The maximum Gasteiger partial charge on any atom is 0.253 e. The zero-order valence-corrected chi connectivity index (χ0v) is 17.9. The molecule has 3 aliphatic rings. The summed E-state index contributed by atoms with van der Waals surface area (Å²) in [6.45, 7) is 2.58. The monoisotopic (exact) mass is 426 g/mol. The molecule has 1 amide bonds. The van der Waals surface area contributed by atoms with Crippen molar-refractivity contribution in [2.24, 2.45) is 5.92 Å². The number of H-pyrrole nitrogens is 1. The lowest BCUT2D eigenvalue weighted by atomic mass is 9.95. The summed E-state index contributed by atoms with van der Waals surface area (Å²) < 4.78 is 0. The van der Waals surface area contributed by atoms with Crippen molar-refractivity contribution in [3.8, 4) is 22.5 Å². The van der Waals surface area contributed by atoms with Crippen molar-refractivity contribution in [3.05, 3.63) is 59.9 Å². The Morgan fingerprint density at radius 1 is 1.03 bits per heavy atom. The van der Waals surface area contributed by atoms with E-state index in [2.05, 4.69) is 50.5 Å². The van der Waals surface area contributed by atoms with Gasteiger partial charge in [0.15, 0.2) is 0 Å². The predicted octanol–water partition coefficient (Wildman–Crippen LogP) is 3.93. The Balaban J connectivity index is 1.25. The van der Waals surface area contributed by atoms with Gasteiger partial charge in [0.25, 0.3) is 5.91 Å². The number of nitrogens with one attached hydrogen (secondary N) is 2. The highest BCUT2D eigenvalue weighted by molar-refractivity contribution is 5.99. The standard InChI is InChI=1S/C26H26N4O2/c31-15-17-6-11-30(12-7-17)20-3-1-18(2-4-20)22-13-19(5-10-27-22)23-14-21-24(29-23)26(8-9-26)16-28-25(21)32/h1-5,10,13-15,17,29H,6-9,11-12,16H2,(H,28,32). The van der Waals surface area contributed by atoms with E-state index in [0.29, 0.717) is 0 Å². The summed E-state index contributed by atoms with van der Waals surface area (Å²) in [7, 11) is 0. The normalized spacial score (nSPS) is 19.5. The molecule has 6 nitrogen and oxygen atoms in total. The van der Waals surface area contributed by atoms with Gasteiger partial charge >= 0.3 is 0 Å². The molecular formula is C26H26N4O2. The van der Waals surface area contributed by atoms with Gasteiger partial charge in [-0.1, -0.05) is 12.1 Å². The van der Waals surface area contributed by atoms with Crippen LogP contribution in [0, 0.1) is 5.92 Å². The van der Waals surface area contributed by atoms with Gasteiger partial charge < -0.3 is 20.0 Å². The second kappa shape index (κ2) is 7.33. The van der Waals surface area contributed by atoms with Crippen molar-refractivity contribution in [2.45, 2.75) is 31.1 Å². The average Bonchev–Trinajstić information content (AvgIpc) is 3.48. The molecule has 6 rings (SSSR count). The number of fused-ring (bicyclic) bond motifs is 2. The molecule has 0 atom stereocenters. The maximum atomic E-state index is 12.4. The molecule has 0 radical (unpaired) electrons. The van der Waals surface area contributed by atoms with Crippen LogP contribution in [0.25, 0.3) is 22.5 Å². The largest absolute Gasteiger partial charge is 0.371 e. The van der Waals surface area contributed by atoms with Gasteiger partial charge in [0.1, 0.15) is 6.29 Å². The highest BCUT2D eigenvalue weighted by Crippen LogP contribution is 2.50. The average molecular weight is 427 g/mol. The third-order valence-electron chi connectivity index (χ3n) is 7.36. The number of anilines is 1. The lowest BCUT2D eigenvalue weighted by Crippen LogP contribution is -2.38. The Hall–Kier alpha value is -3.41. The third-order valence-corrected chi connectivity index (χ3v) is 7.36. The quantitative estimate of drug-likeness (QED) is 0.620. The van der Waals surface area contributed by atoms with Crippen LogP contribution in [0.2, 0.25) is 0 Å². The second-order valence-corrected chi connectivity index (χ2v) is 9.37. The van der Waals surface area contributed by atoms with Gasteiger partial charge in [-0.05, 0) is 56.0 Å². The van der Waals surface area contributed by atoms with Gasteiger partial charge in [0.2, 0.25) is 0 Å². The van der Waals surface area contributed by atoms with Crippen molar-refractivity contribution in [1.29, 1.82) is 0 Å². The van der Waals surface area contributed by atoms with Crippen LogP contribution in [0.15, 0.2) is 48.7 Å². The summed E-state index contributed by atoms with van der Waals surface area (Å²) in [6.07, 6.45) is 7.02. The molecule has 1 saturated carbocycles. The predicted molar refractivity (Wildman–Crippen MR) is 124 cm³/mol. The number of amides is 1. The SMILES string of the molecule is O=CC1CCN(c2ccc(-c3cc(-c4cc5c([nH]4)C4(CC4)CNC5=O)ccn3)cc2)CC1. The van der Waals surface area contributed by atoms with E-state index in [1.807, 2.05) is 18.3 Å². The van der Waals surface area contributed by atoms with E-state index in [9.17, 15) is 9.59 Å². The summed E-state index contributed by atoms with van der Waals surface area (Å²) in [5.41, 5.74) is 7.16. The Labute approximate surface area is 187 Å². The minimum absolute atomic E-state index is 0.0158. The van der Waals surface area contributed by atoms with Crippen molar-refractivity contribution < 1.29 is 9.59 Å². The van der Waals surface area contributed by atoms with Gasteiger partial charge in [-0.15, -0.1) is 0 Å². The number of hydrogen-bond acceptors (Lipinski definition) is 4. The van der Waals surface area contributed by atoms with Crippen LogP contribution < -0.4 is 10.2 Å². The number of aromatic nitrogens is 2. The Bertz CT molecular complexity index is 1180. The van der Waals surface area contributed by atoms with E-state index in [1.165, 1.54) is 5.69 Å². The minimum Gasteiger partial charge on any atom is -0.371 e. The zero-order chi connectivity index (χ0) is 21.7. The van der Waals surface area contributed by atoms with Gasteiger partial charge in [0, 0.05) is 65.4 Å². The molecule has 1 aliphatic carbocycles. The fourth-order valence-corrected chi connectivity index (χ4v) is 5.11. The number of aromatic amines is 1. The summed E-state index contributed by atoms with van der Waals surface area (Å²) in [5, 5.41) is 3.04. The number of pyridine rings is 1. The third kappa shape index (κ3) is 3.22. The molecule has 0 bridgehead atoms. The number of piperidine rings is 1. The van der Waals surface area contributed by atoms with E-state index in [0.717, 1.165) is 85.4 Å². The number of aldehydes is 1. The van der Waals surface area contributed by atoms with E-state index >= 15 is 0 Å². The van der Waals surface area contributed by atoms with Gasteiger partial charge in [-0.3, -0.25) is 9.78 Å². The fourth-order valence-electron chi connectivity index (χ4n) is 5.11. The second-order valence-electron chi connectivity index (χ2n) is 9.37. The highest BCUT2D eigenvalue weighted by atomic mass is 16.1. The van der Waals surface area contributed by atoms with Gasteiger partial charge in [-0.2, -0.15) is 0 Å². The smallest absolute Gasteiger partial charge is 0.253 e. The van der Waals surface area contributed by atoms with Crippen LogP contribution in [0.1, 0.15) is 41.7 Å².